The van der Waals surface area contributed by atoms with Crippen LogP contribution in [0.5, 0.6) is 0 Å². The molecule has 1 aromatic carbocycles. The maximum atomic E-state index is 13.2. The molecule has 1 aliphatic heterocycles. The Morgan fingerprint density at radius 1 is 1.30 bits per heavy atom. The van der Waals surface area contributed by atoms with Crippen molar-refractivity contribution in [2.45, 2.75) is 6.54 Å². The van der Waals surface area contributed by atoms with Crippen LogP contribution in [-0.4, -0.2) is 48.9 Å². The number of likely N-dealkylation sites (N-methyl/N-ethyl adjacent to an activating group) is 1. The van der Waals surface area contributed by atoms with E-state index in [-0.39, 0.29) is 11.8 Å². The first kappa shape index (κ1) is 14.9. The number of hydrogen-bond donors (Lipinski definition) is 1. The molecular weight excluding hydrogens is 264 g/mol. The van der Waals surface area contributed by atoms with Gasteiger partial charge in [-0.2, -0.15) is 0 Å². The summed E-state index contributed by atoms with van der Waals surface area (Å²) in [6.45, 7) is 3.23. The fourth-order valence-electron chi connectivity index (χ4n) is 2.46. The van der Waals surface area contributed by atoms with Gasteiger partial charge in [-0.25, -0.2) is 8.78 Å². The summed E-state index contributed by atoms with van der Waals surface area (Å²) in [6, 6.07) is 3.88. The maximum Gasteiger partial charge on any atom is 0.223 e. The van der Waals surface area contributed by atoms with Crippen LogP contribution in [-0.2, 0) is 11.3 Å². The van der Waals surface area contributed by atoms with Gasteiger partial charge in [-0.05, 0) is 24.7 Å². The average Bonchev–Trinajstić information content (AvgIpc) is 2.56. The highest BCUT2D eigenvalue weighted by molar-refractivity contribution is 5.77. The molecule has 1 fully saturated rings. The van der Waals surface area contributed by atoms with Crippen LogP contribution >= 0.6 is 0 Å². The summed E-state index contributed by atoms with van der Waals surface area (Å²) in [7, 11) is 1.94. The van der Waals surface area contributed by atoms with Crippen molar-refractivity contribution in [2.75, 3.05) is 33.2 Å². The van der Waals surface area contributed by atoms with Crippen molar-refractivity contribution in [3.05, 3.63) is 35.4 Å². The maximum absolute atomic E-state index is 13.2. The molecule has 20 heavy (non-hydrogen) atoms. The van der Waals surface area contributed by atoms with Gasteiger partial charge < -0.3 is 10.6 Å². The molecule has 1 aromatic rings. The van der Waals surface area contributed by atoms with Gasteiger partial charge in [0.15, 0.2) is 11.6 Å². The van der Waals surface area contributed by atoms with Crippen molar-refractivity contribution in [3.8, 4) is 0 Å². The molecule has 1 saturated heterocycles. The van der Waals surface area contributed by atoms with E-state index in [0.29, 0.717) is 25.2 Å². The second-order valence-corrected chi connectivity index (χ2v) is 5.35. The molecule has 1 heterocycles. The smallest absolute Gasteiger partial charge is 0.223 e. The Morgan fingerprint density at radius 2 is 2.05 bits per heavy atom. The molecule has 0 bridgehead atoms. The van der Waals surface area contributed by atoms with Gasteiger partial charge in [-0.15, -0.1) is 0 Å². The molecule has 2 N–H and O–H groups in total. The van der Waals surface area contributed by atoms with E-state index in [4.69, 9.17) is 5.73 Å². The lowest BCUT2D eigenvalue weighted by atomic mass is 10.1. The Balaban J connectivity index is 2.07. The molecule has 0 unspecified atom stereocenters. The molecule has 0 aromatic heterocycles. The van der Waals surface area contributed by atoms with Crippen LogP contribution in [0.3, 0.4) is 0 Å². The van der Waals surface area contributed by atoms with Crippen LogP contribution < -0.4 is 5.73 Å². The van der Waals surface area contributed by atoms with Crippen molar-refractivity contribution in [1.29, 1.82) is 0 Å². The summed E-state index contributed by atoms with van der Waals surface area (Å²) in [5.41, 5.74) is 6.09. The van der Waals surface area contributed by atoms with E-state index in [0.717, 1.165) is 19.2 Å². The molecule has 110 valence electrons. The molecule has 0 saturated carbocycles. The van der Waals surface area contributed by atoms with Crippen LogP contribution in [0, 0.1) is 17.6 Å². The van der Waals surface area contributed by atoms with Crippen LogP contribution in [0.2, 0.25) is 0 Å². The van der Waals surface area contributed by atoms with Crippen molar-refractivity contribution in [1.82, 2.24) is 9.80 Å². The number of benzene rings is 1. The molecule has 0 spiro atoms. The van der Waals surface area contributed by atoms with E-state index >= 15 is 0 Å². The van der Waals surface area contributed by atoms with E-state index in [2.05, 4.69) is 4.90 Å². The topological polar surface area (TPSA) is 49.6 Å². The Kier molecular flexibility index (Phi) is 4.67. The van der Waals surface area contributed by atoms with Crippen molar-refractivity contribution in [2.24, 2.45) is 11.7 Å². The van der Waals surface area contributed by atoms with E-state index < -0.39 is 11.6 Å². The van der Waals surface area contributed by atoms with Crippen LogP contribution in [0.15, 0.2) is 18.2 Å². The highest BCUT2D eigenvalue weighted by atomic mass is 19.2. The number of rotatable bonds is 3. The number of primary amides is 1. The molecule has 1 atom stereocenters. The third-order valence-corrected chi connectivity index (χ3v) is 3.60. The molecule has 0 aliphatic carbocycles. The average molecular weight is 283 g/mol. The molecule has 4 nitrogen and oxygen atoms in total. The van der Waals surface area contributed by atoms with Gasteiger partial charge in [0.05, 0.1) is 5.92 Å². The Hall–Kier alpha value is -1.53. The van der Waals surface area contributed by atoms with Crippen molar-refractivity contribution >= 4 is 5.91 Å². The Labute approximate surface area is 117 Å². The summed E-state index contributed by atoms with van der Waals surface area (Å²) in [5, 5.41) is 0. The number of hydrogen-bond acceptors (Lipinski definition) is 3. The second-order valence-electron chi connectivity index (χ2n) is 5.35. The quantitative estimate of drug-likeness (QED) is 0.893. The van der Waals surface area contributed by atoms with Crippen LogP contribution in [0.25, 0.3) is 0 Å². The van der Waals surface area contributed by atoms with E-state index in [1.54, 1.807) is 6.07 Å². The first-order valence-corrected chi connectivity index (χ1v) is 6.60. The van der Waals surface area contributed by atoms with E-state index in [1.807, 2.05) is 11.9 Å². The molecule has 0 radical (unpaired) electrons. The molecule has 1 amide bonds. The molecule has 2 rings (SSSR count). The summed E-state index contributed by atoms with van der Waals surface area (Å²) < 4.78 is 26.1. The lowest BCUT2D eigenvalue weighted by Crippen LogP contribution is -2.37. The largest absolute Gasteiger partial charge is 0.369 e. The van der Waals surface area contributed by atoms with Gasteiger partial charge in [0.25, 0.3) is 0 Å². The highest BCUT2D eigenvalue weighted by Gasteiger charge is 2.24. The number of nitrogens with two attached hydrogens (primary N) is 1. The van der Waals surface area contributed by atoms with Gasteiger partial charge in [-0.1, -0.05) is 6.07 Å². The lowest BCUT2D eigenvalue weighted by Gasteiger charge is -2.22. The zero-order chi connectivity index (χ0) is 14.7. The number of carbonyl (C=O) groups is 1. The van der Waals surface area contributed by atoms with E-state index in [9.17, 15) is 13.6 Å². The van der Waals surface area contributed by atoms with Gasteiger partial charge in [-0.3, -0.25) is 9.69 Å². The minimum atomic E-state index is -0.848. The first-order valence-electron chi connectivity index (χ1n) is 6.60. The lowest BCUT2D eigenvalue weighted by molar-refractivity contribution is -0.122. The van der Waals surface area contributed by atoms with Crippen LogP contribution in [0.4, 0.5) is 8.78 Å². The summed E-state index contributed by atoms with van der Waals surface area (Å²) in [5.74, 6) is -2.26. The zero-order valence-corrected chi connectivity index (χ0v) is 11.5. The number of halogens is 2. The van der Waals surface area contributed by atoms with E-state index in [1.165, 1.54) is 6.07 Å². The van der Waals surface area contributed by atoms with Crippen molar-refractivity contribution < 1.29 is 13.6 Å². The molecule has 6 heteroatoms. The normalized spacial score (nSPS) is 21.6. The Morgan fingerprint density at radius 3 is 2.70 bits per heavy atom. The number of nitrogens with zero attached hydrogens (tertiary/aromatic N) is 2. The minimum absolute atomic E-state index is 0.243. The third kappa shape index (κ3) is 3.74. The highest BCUT2D eigenvalue weighted by Crippen LogP contribution is 2.14. The standard InChI is InChI=1S/C14H19F2N3O/c1-18-4-5-19(9-11(8-18)14(17)20)7-10-2-3-12(15)13(16)6-10/h2-3,6,11H,4-5,7-9H2,1H3,(H2,17,20)/t11-/m0/s1. The van der Waals surface area contributed by atoms with Gasteiger partial charge >= 0.3 is 0 Å². The minimum Gasteiger partial charge on any atom is -0.369 e. The predicted molar refractivity (Wildman–Crippen MR) is 71.8 cm³/mol. The van der Waals surface area contributed by atoms with Crippen LogP contribution in [0.1, 0.15) is 5.56 Å². The van der Waals surface area contributed by atoms with Gasteiger partial charge in [0, 0.05) is 32.7 Å². The Bertz CT molecular complexity index is 495. The SMILES string of the molecule is CN1CCN(Cc2ccc(F)c(F)c2)C[C@@H](C(N)=O)C1. The number of carbonyl (C=O) groups excluding carboxylic acids is 1. The van der Waals surface area contributed by atoms with Crippen molar-refractivity contribution in [3.63, 3.8) is 0 Å². The van der Waals surface area contributed by atoms with Gasteiger partial charge in [0.1, 0.15) is 0 Å². The summed E-state index contributed by atoms with van der Waals surface area (Å²) >= 11 is 0. The second kappa shape index (κ2) is 6.28. The fourth-order valence-corrected chi connectivity index (χ4v) is 2.46. The molecular formula is C14H19F2N3O. The summed E-state index contributed by atoms with van der Waals surface area (Å²) in [4.78, 5) is 15.5. The van der Waals surface area contributed by atoms with Gasteiger partial charge in [0.2, 0.25) is 5.91 Å². The number of amides is 1. The molecule has 1 aliphatic rings. The third-order valence-electron chi connectivity index (χ3n) is 3.60. The predicted octanol–water partition coefficient (Wildman–Crippen LogP) is 0.814. The first-order chi connectivity index (χ1) is 9.45. The zero-order valence-electron chi connectivity index (χ0n) is 11.5. The fraction of sp³-hybridized carbons (Fsp3) is 0.500. The monoisotopic (exact) mass is 283 g/mol. The summed E-state index contributed by atoms with van der Waals surface area (Å²) in [6.07, 6.45) is 0.